The van der Waals surface area contributed by atoms with E-state index in [0.717, 1.165) is 35.6 Å². The molecule has 5 saturated carbocycles. The topological polar surface area (TPSA) is 3.24 Å². The minimum atomic E-state index is 0.618. The van der Waals surface area contributed by atoms with Gasteiger partial charge in [0.2, 0.25) is 0 Å². The summed E-state index contributed by atoms with van der Waals surface area (Å²) in [5.74, 6) is 5.26. The highest BCUT2D eigenvalue weighted by Gasteiger charge is 2.59. The molecule has 1 saturated heterocycles. The zero-order chi connectivity index (χ0) is 15.0. The molecule has 1 aliphatic heterocycles. The highest BCUT2D eigenvalue weighted by atomic mass is 15.3. The van der Waals surface area contributed by atoms with Crippen LogP contribution in [0.4, 0.5) is 0 Å². The van der Waals surface area contributed by atoms with Crippen LogP contribution in [-0.2, 0) is 0 Å². The van der Waals surface area contributed by atoms with Gasteiger partial charge in [0.25, 0.3) is 0 Å². The van der Waals surface area contributed by atoms with Crippen molar-refractivity contribution in [2.45, 2.75) is 95.1 Å². The molecule has 4 bridgehead atoms. The molecule has 1 heteroatoms. The lowest BCUT2D eigenvalue weighted by molar-refractivity contribution is -0.0889. The molecule has 3 unspecified atom stereocenters. The van der Waals surface area contributed by atoms with E-state index in [-0.39, 0.29) is 0 Å². The monoisotopic (exact) mass is 311 g/mol. The van der Waals surface area contributed by atoms with Gasteiger partial charge in [-0.3, -0.25) is 0 Å². The Labute approximate surface area is 141 Å². The predicted octanol–water partition coefficient (Wildman–Crippen LogP) is 5.51. The van der Waals surface area contributed by atoms with Gasteiger partial charge in [-0.2, -0.15) is 0 Å². The van der Waals surface area contributed by atoms with Crippen molar-refractivity contribution in [2.24, 2.45) is 29.6 Å². The summed E-state index contributed by atoms with van der Waals surface area (Å²) in [4.78, 5) is 3.16. The van der Waals surface area contributed by atoms with Gasteiger partial charge in [-0.25, -0.2) is 0 Å². The molecule has 7 aliphatic rings. The van der Waals surface area contributed by atoms with Crippen LogP contribution >= 0.6 is 0 Å². The minimum Gasteiger partial charge on any atom is -0.366 e. The molecule has 23 heavy (non-hydrogen) atoms. The molecule has 1 heterocycles. The maximum Gasteiger partial charge on any atom is 0.0410 e. The summed E-state index contributed by atoms with van der Waals surface area (Å²) in [5, 5.41) is 0. The van der Waals surface area contributed by atoms with Gasteiger partial charge in [-0.15, -0.1) is 0 Å². The van der Waals surface area contributed by atoms with Crippen molar-refractivity contribution >= 4 is 0 Å². The summed E-state index contributed by atoms with van der Waals surface area (Å²) in [6, 6.07) is 0.939. The third-order valence-corrected chi connectivity index (χ3v) is 8.88. The van der Waals surface area contributed by atoms with Crippen LogP contribution in [0.5, 0.6) is 0 Å². The van der Waals surface area contributed by atoms with Crippen molar-refractivity contribution in [3.05, 3.63) is 11.8 Å². The first-order chi connectivity index (χ1) is 11.3. The van der Waals surface area contributed by atoms with Crippen molar-refractivity contribution in [1.82, 2.24) is 4.90 Å². The molecule has 0 aromatic carbocycles. The Morgan fingerprint density at radius 2 is 1.52 bits per heavy atom. The molecule has 0 N–H and O–H groups in total. The number of likely N-dealkylation sites (tertiary alicyclic amines) is 1. The Hall–Kier alpha value is -0.460. The summed E-state index contributed by atoms with van der Waals surface area (Å²) in [6.07, 6.45) is 22.6. The molecular weight excluding hydrogens is 278 g/mol. The first kappa shape index (κ1) is 13.8. The second-order valence-electron chi connectivity index (χ2n) is 10.2. The molecule has 0 radical (unpaired) electrons. The Kier molecular flexibility index (Phi) is 2.87. The van der Waals surface area contributed by atoms with E-state index in [4.69, 9.17) is 0 Å². The van der Waals surface area contributed by atoms with Crippen molar-refractivity contribution in [1.29, 1.82) is 0 Å². The molecule has 0 spiro atoms. The lowest BCUT2D eigenvalue weighted by Crippen LogP contribution is -2.61. The zero-order valence-electron chi connectivity index (χ0n) is 14.7. The number of rotatable bonds is 1. The van der Waals surface area contributed by atoms with Gasteiger partial charge in [0.1, 0.15) is 0 Å². The Balaban J connectivity index is 1.43. The Morgan fingerprint density at radius 3 is 2.26 bits per heavy atom. The zero-order valence-corrected chi connectivity index (χ0v) is 14.7. The largest absolute Gasteiger partial charge is 0.366 e. The van der Waals surface area contributed by atoms with Crippen LogP contribution in [0.3, 0.4) is 0 Å². The van der Waals surface area contributed by atoms with Crippen LogP contribution in [0, 0.1) is 29.6 Å². The van der Waals surface area contributed by atoms with Crippen LogP contribution in [0.15, 0.2) is 11.8 Å². The third-order valence-electron chi connectivity index (χ3n) is 8.88. The first-order valence-electron chi connectivity index (χ1n) is 10.8. The normalized spacial score (nSPS) is 53.9. The maximum atomic E-state index is 3.16. The molecule has 0 aromatic heterocycles. The van der Waals surface area contributed by atoms with Crippen LogP contribution in [0.25, 0.3) is 0 Å². The van der Waals surface area contributed by atoms with Crippen molar-refractivity contribution in [2.75, 3.05) is 0 Å². The fraction of sp³-hybridized carbons (Fsp3) is 0.909. The standard InChI is InChI=1S/C22H33N/c1-3-7-20-18(5-1)19-6-2-4-8-21(19)23(20)22-12-15-9-16(13-22)11-17(10-15)14-22/h7,15-19,21H,1-6,8-14H2. The number of hydrogen-bond donors (Lipinski definition) is 0. The van der Waals surface area contributed by atoms with E-state index in [1.165, 1.54) is 44.9 Å². The van der Waals surface area contributed by atoms with E-state index in [1.807, 2.05) is 5.70 Å². The number of allylic oxidation sites excluding steroid dienone is 2. The fourth-order valence-electron chi connectivity index (χ4n) is 8.70. The lowest BCUT2D eigenvalue weighted by Gasteiger charge is -2.62. The quantitative estimate of drug-likeness (QED) is 0.617. The smallest absolute Gasteiger partial charge is 0.0410 e. The average Bonchev–Trinajstić information content (AvgIpc) is 2.89. The number of fused-ring (bicyclic) bond motifs is 3. The summed E-state index contributed by atoms with van der Waals surface area (Å²) < 4.78 is 0. The molecular formula is C22H33N. The Bertz CT molecular complexity index is 497. The van der Waals surface area contributed by atoms with Crippen LogP contribution in [0.1, 0.15) is 83.5 Å². The maximum absolute atomic E-state index is 3.16. The van der Waals surface area contributed by atoms with E-state index in [9.17, 15) is 0 Å². The molecule has 7 rings (SSSR count). The van der Waals surface area contributed by atoms with Crippen LogP contribution in [0.2, 0.25) is 0 Å². The van der Waals surface area contributed by atoms with E-state index >= 15 is 0 Å². The summed E-state index contributed by atoms with van der Waals surface area (Å²) in [6.45, 7) is 0. The van der Waals surface area contributed by atoms with Gasteiger partial charge in [0.15, 0.2) is 0 Å². The van der Waals surface area contributed by atoms with Crippen molar-refractivity contribution < 1.29 is 0 Å². The summed E-state index contributed by atoms with van der Waals surface area (Å²) in [7, 11) is 0. The lowest BCUT2D eigenvalue weighted by atomic mass is 9.52. The second kappa shape index (κ2) is 4.79. The van der Waals surface area contributed by atoms with Gasteiger partial charge in [0, 0.05) is 23.2 Å². The Morgan fingerprint density at radius 1 is 0.826 bits per heavy atom. The highest BCUT2D eigenvalue weighted by molar-refractivity contribution is 5.25. The van der Waals surface area contributed by atoms with Crippen LogP contribution < -0.4 is 0 Å². The third kappa shape index (κ3) is 1.86. The molecule has 3 atom stereocenters. The van der Waals surface area contributed by atoms with Crippen LogP contribution in [-0.4, -0.2) is 16.5 Å². The fourth-order valence-corrected chi connectivity index (χ4v) is 8.70. The molecule has 1 nitrogen and oxygen atoms in total. The van der Waals surface area contributed by atoms with E-state index in [1.54, 1.807) is 38.5 Å². The van der Waals surface area contributed by atoms with Crippen molar-refractivity contribution in [3.8, 4) is 0 Å². The minimum absolute atomic E-state index is 0.618. The first-order valence-corrected chi connectivity index (χ1v) is 10.8. The van der Waals surface area contributed by atoms with Gasteiger partial charge >= 0.3 is 0 Å². The second-order valence-corrected chi connectivity index (χ2v) is 10.2. The highest BCUT2D eigenvalue weighted by Crippen LogP contribution is 2.63. The van der Waals surface area contributed by atoms with Crippen molar-refractivity contribution in [3.63, 3.8) is 0 Å². The van der Waals surface area contributed by atoms with E-state index < -0.39 is 0 Å². The molecule has 126 valence electrons. The predicted molar refractivity (Wildman–Crippen MR) is 93.9 cm³/mol. The van der Waals surface area contributed by atoms with Gasteiger partial charge in [0.05, 0.1) is 0 Å². The molecule has 0 amide bonds. The molecule has 6 aliphatic carbocycles. The molecule has 0 aromatic rings. The average molecular weight is 312 g/mol. The number of hydrogen-bond acceptors (Lipinski definition) is 1. The van der Waals surface area contributed by atoms with Gasteiger partial charge in [-0.1, -0.05) is 18.9 Å². The summed E-state index contributed by atoms with van der Waals surface area (Å²) in [5.41, 5.74) is 2.49. The SMILES string of the molecule is C1=C2C(CCC1)C1CCCCC1N2C12CC3CC(CC(C3)C1)C2. The number of nitrogens with zero attached hydrogens (tertiary/aromatic N) is 1. The van der Waals surface area contributed by atoms with E-state index in [2.05, 4.69) is 11.0 Å². The van der Waals surface area contributed by atoms with Gasteiger partial charge < -0.3 is 4.90 Å². The summed E-state index contributed by atoms with van der Waals surface area (Å²) >= 11 is 0. The molecule has 6 fully saturated rings. The van der Waals surface area contributed by atoms with E-state index in [0.29, 0.717) is 5.54 Å². The van der Waals surface area contributed by atoms with Gasteiger partial charge in [-0.05, 0) is 94.3 Å².